The second-order valence-corrected chi connectivity index (χ2v) is 11.3. The van der Waals surface area contributed by atoms with E-state index in [1.54, 1.807) is 0 Å². The van der Waals surface area contributed by atoms with Crippen LogP contribution in [0.1, 0.15) is 29.5 Å². The monoisotopic (exact) mass is 488 g/mol. The van der Waals surface area contributed by atoms with Crippen molar-refractivity contribution >= 4 is 23.5 Å². The molecule has 2 aromatic carbocycles. The van der Waals surface area contributed by atoms with Crippen molar-refractivity contribution in [1.82, 2.24) is 9.13 Å². The molecule has 0 saturated heterocycles. The molecule has 5 heteroatoms. The van der Waals surface area contributed by atoms with Crippen LogP contribution >= 0.6 is 0 Å². The molecule has 2 unspecified atom stereocenters. The molecule has 2 aliphatic carbocycles. The molecule has 0 spiro atoms. The Morgan fingerprint density at radius 3 is 1.32 bits per heavy atom. The number of hydrogen-bond donors (Lipinski definition) is 0. The normalized spacial score (nSPS) is 18.1. The van der Waals surface area contributed by atoms with Crippen LogP contribution in [-0.4, -0.2) is 9.13 Å². The van der Waals surface area contributed by atoms with E-state index in [-0.39, 0.29) is 9.41 Å². The topological polar surface area (TPSA) is 9.86 Å². The quantitative estimate of drug-likeness (QED) is 0.387. The molecule has 2 atom stereocenters. The van der Waals surface area contributed by atoms with Gasteiger partial charge >= 0.3 is 183 Å². The molecule has 0 amide bonds. The van der Waals surface area contributed by atoms with E-state index in [1.807, 2.05) is 0 Å². The Balaban J connectivity index is 0.00000116. The van der Waals surface area contributed by atoms with Gasteiger partial charge < -0.3 is 9.41 Å². The molecule has 2 nitrogen and oxygen atoms in total. The van der Waals surface area contributed by atoms with Crippen molar-refractivity contribution in [3.8, 4) is 0 Å². The predicted octanol–water partition coefficient (Wildman–Crippen LogP) is 0.186. The molecule has 0 fully saturated rings. The summed E-state index contributed by atoms with van der Waals surface area (Å²) in [5.41, 5.74) is 8.69. The largest absolute Gasteiger partial charge is 1.00 e. The summed E-state index contributed by atoms with van der Waals surface area (Å²) in [4.78, 5) is 0. The van der Waals surface area contributed by atoms with Crippen molar-refractivity contribution in [2.45, 2.75) is 7.25 Å². The van der Waals surface area contributed by atoms with Gasteiger partial charge in [-0.15, -0.1) is 0 Å². The van der Waals surface area contributed by atoms with Crippen LogP contribution in [0.25, 0.3) is 23.5 Å². The van der Waals surface area contributed by atoms with Crippen LogP contribution in [-0.2, 0) is 23.2 Å². The van der Waals surface area contributed by atoms with Gasteiger partial charge in [0.2, 0.25) is 0 Å². The van der Waals surface area contributed by atoms with Crippen LogP contribution in [0.4, 0.5) is 0 Å². The summed E-state index contributed by atoms with van der Waals surface area (Å²) < 4.78 is 5.73. The van der Waals surface area contributed by atoms with Crippen LogP contribution in [0.5, 0.6) is 0 Å². The van der Waals surface area contributed by atoms with Gasteiger partial charge in [0.15, 0.2) is 0 Å². The second-order valence-electron chi connectivity index (χ2n) is 7.61. The number of aromatic nitrogens is 2. The number of fused-ring (bicyclic) bond motifs is 2. The van der Waals surface area contributed by atoms with Crippen molar-refractivity contribution < 1.29 is 32.6 Å². The number of hydrogen-bond acceptors (Lipinski definition) is 0. The fourth-order valence-electron chi connectivity index (χ4n) is 4.59. The fourth-order valence-corrected chi connectivity index (χ4v) is 9.57. The summed E-state index contributed by atoms with van der Waals surface area (Å²) in [6, 6.07) is 26.4. The Morgan fingerprint density at radius 2 is 0.903 bits per heavy atom. The SMILES string of the molecule is C1=C(n2cccc2)[CH]([Zr+2][CH]2C(n3cccc3)=Cc3ccccc32)c2ccccc21.[F-].[F-]. The van der Waals surface area contributed by atoms with Crippen molar-refractivity contribution in [2.75, 3.05) is 0 Å². The first-order valence-corrected chi connectivity index (χ1v) is 12.9. The van der Waals surface area contributed by atoms with E-state index in [0.29, 0.717) is 7.25 Å². The van der Waals surface area contributed by atoms with Crippen LogP contribution in [0, 0.1) is 0 Å². The van der Waals surface area contributed by atoms with E-state index >= 15 is 0 Å². The molecule has 152 valence electrons. The summed E-state index contributed by atoms with van der Waals surface area (Å²) in [6.07, 6.45) is 13.6. The Bertz CT molecular complexity index is 1140. The Labute approximate surface area is 191 Å². The molecule has 0 radical (unpaired) electrons. The summed E-state index contributed by atoms with van der Waals surface area (Å²) in [6.45, 7) is 0. The van der Waals surface area contributed by atoms with Crippen molar-refractivity contribution in [2.24, 2.45) is 0 Å². The number of nitrogens with zero attached hydrogens (tertiary/aromatic N) is 2. The third-order valence-corrected chi connectivity index (χ3v) is 10.6. The Morgan fingerprint density at radius 1 is 0.516 bits per heavy atom. The third kappa shape index (κ3) is 3.61. The van der Waals surface area contributed by atoms with E-state index in [4.69, 9.17) is 0 Å². The predicted molar refractivity (Wildman–Crippen MR) is 116 cm³/mol. The Hall–Kier alpha value is -2.78. The van der Waals surface area contributed by atoms with Gasteiger partial charge in [-0.2, -0.15) is 0 Å². The van der Waals surface area contributed by atoms with Gasteiger partial charge in [0.25, 0.3) is 0 Å². The average Bonchev–Trinajstić information content (AvgIpc) is 3.55. The third-order valence-electron chi connectivity index (χ3n) is 5.95. The molecular weight excluding hydrogens is 470 g/mol. The van der Waals surface area contributed by atoms with E-state index in [1.165, 1.54) is 33.6 Å². The maximum Gasteiger partial charge on any atom is -1.00 e. The molecule has 4 aromatic rings. The standard InChI is InChI=1S/2C13H10N.2FH.Zr/c2*1-2-6-12-10-13(9-11(12)5-1)14-7-3-4-8-14;;;/h2*1-10H;2*1H;/q;;;;+2/p-2. The van der Waals surface area contributed by atoms with Crippen molar-refractivity contribution in [3.63, 3.8) is 0 Å². The first kappa shape index (κ1) is 21.5. The summed E-state index contributed by atoms with van der Waals surface area (Å²) in [7, 11) is 0. The molecule has 2 aromatic heterocycles. The van der Waals surface area contributed by atoms with E-state index in [2.05, 4.69) is 119 Å². The molecule has 0 N–H and O–H groups in total. The van der Waals surface area contributed by atoms with Gasteiger partial charge in [-0.3, -0.25) is 0 Å². The number of halogens is 2. The van der Waals surface area contributed by atoms with Gasteiger partial charge in [0.05, 0.1) is 0 Å². The molecule has 0 bridgehead atoms. The maximum absolute atomic E-state index is 2.40. The molecule has 2 aliphatic rings. The van der Waals surface area contributed by atoms with Crippen LogP contribution < -0.4 is 9.41 Å². The summed E-state index contributed by atoms with van der Waals surface area (Å²) >= 11 is -0.936. The van der Waals surface area contributed by atoms with E-state index in [9.17, 15) is 0 Å². The first-order valence-electron chi connectivity index (χ1n) is 10.0. The van der Waals surface area contributed by atoms with E-state index < -0.39 is 23.2 Å². The molecule has 0 saturated carbocycles. The molecule has 31 heavy (non-hydrogen) atoms. The van der Waals surface area contributed by atoms with Crippen LogP contribution in [0.2, 0.25) is 0 Å². The fraction of sp³-hybridized carbons (Fsp3) is 0.0769. The number of allylic oxidation sites excluding steroid dienone is 2. The van der Waals surface area contributed by atoms with Gasteiger partial charge in [-0.25, -0.2) is 0 Å². The zero-order valence-corrected chi connectivity index (χ0v) is 19.2. The minimum atomic E-state index is -0.936. The average molecular weight is 490 g/mol. The van der Waals surface area contributed by atoms with Crippen molar-refractivity contribution in [3.05, 3.63) is 120 Å². The first-order chi connectivity index (χ1) is 14.4. The minimum Gasteiger partial charge on any atom is -1.00 e. The van der Waals surface area contributed by atoms with Gasteiger partial charge in [0.1, 0.15) is 0 Å². The van der Waals surface area contributed by atoms with Gasteiger partial charge in [-0.05, 0) is 0 Å². The second kappa shape index (κ2) is 8.76. The van der Waals surface area contributed by atoms with E-state index in [0.717, 1.165) is 0 Å². The number of benzene rings is 2. The smallest absolute Gasteiger partial charge is 1.00 e. The zero-order valence-electron chi connectivity index (χ0n) is 16.7. The number of rotatable bonds is 4. The Kier molecular flexibility index (Phi) is 6.06. The summed E-state index contributed by atoms with van der Waals surface area (Å²) in [5, 5.41) is 0. The van der Waals surface area contributed by atoms with Gasteiger partial charge in [0, 0.05) is 0 Å². The molecule has 0 aliphatic heterocycles. The molecule has 6 rings (SSSR count). The minimum absolute atomic E-state index is 0. The zero-order chi connectivity index (χ0) is 19.2. The van der Waals surface area contributed by atoms with Crippen molar-refractivity contribution in [1.29, 1.82) is 0 Å². The van der Waals surface area contributed by atoms with Crippen LogP contribution in [0.3, 0.4) is 0 Å². The molecular formula is C26H20F2N2Zr. The van der Waals surface area contributed by atoms with Crippen LogP contribution in [0.15, 0.2) is 97.6 Å². The summed E-state index contributed by atoms with van der Waals surface area (Å²) in [5.74, 6) is 0. The maximum atomic E-state index is 2.40. The molecule has 2 heterocycles. The van der Waals surface area contributed by atoms with Gasteiger partial charge in [-0.1, -0.05) is 0 Å².